The molecule has 3 heterocycles. The van der Waals surface area contributed by atoms with Gasteiger partial charge in [-0.15, -0.1) is 0 Å². The third kappa shape index (κ3) is 5.33. The molecule has 5 aliphatic rings. The molecule has 0 N–H and O–H groups in total. The maximum atomic E-state index is 6.41. The molecule has 2 aliphatic heterocycles. The molecule has 11 aromatic rings. The number of rotatable bonds is 4. The van der Waals surface area contributed by atoms with Crippen LogP contribution in [0.15, 0.2) is 266 Å². The van der Waals surface area contributed by atoms with Crippen molar-refractivity contribution in [2.24, 2.45) is 0 Å². The molecule has 0 unspecified atom stereocenters. The molecule has 0 fully saturated rings. The van der Waals surface area contributed by atoms with Crippen LogP contribution < -0.4 is 4.90 Å². The molecule has 16 rings (SSSR count). The minimum absolute atomic E-state index is 0.433. The Labute approximate surface area is 427 Å². The van der Waals surface area contributed by atoms with Gasteiger partial charge in [0.15, 0.2) is 0 Å². The highest BCUT2D eigenvalue weighted by Gasteiger charge is 2.54. The summed E-state index contributed by atoms with van der Waals surface area (Å²) in [5.41, 5.74) is 22.7. The summed E-state index contributed by atoms with van der Waals surface area (Å²) in [5, 5.41) is 2.28. The summed E-state index contributed by atoms with van der Waals surface area (Å²) in [4.78, 5) is 7.88. The van der Waals surface area contributed by atoms with Crippen LogP contribution in [0.5, 0.6) is 0 Å². The lowest BCUT2D eigenvalue weighted by Crippen LogP contribution is -2.33. The van der Waals surface area contributed by atoms with Crippen molar-refractivity contribution in [1.29, 1.82) is 0 Å². The Morgan fingerprint density at radius 2 is 0.917 bits per heavy atom. The third-order valence-electron chi connectivity index (χ3n) is 16.3. The van der Waals surface area contributed by atoms with Crippen molar-refractivity contribution in [1.82, 2.24) is 0 Å². The van der Waals surface area contributed by atoms with Crippen LogP contribution in [0.3, 0.4) is 0 Å². The molecule has 10 aromatic carbocycles. The van der Waals surface area contributed by atoms with Crippen LogP contribution in [0.4, 0.5) is 17.1 Å². The molecule has 1 aromatic heterocycles. The Bertz CT molecular complexity index is 4100. The van der Waals surface area contributed by atoms with Gasteiger partial charge in [-0.25, -0.2) is 0 Å². The molecular weight excluding hydrogens is 911 g/mol. The number of benzene rings is 10. The topological polar surface area (TPSA) is 16.4 Å². The Kier molecular flexibility index (Phi) is 8.61. The number of para-hydroxylation sites is 1. The van der Waals surface area contributed by atoms with Gasteiger partial charge in [0.2, 0.25) is 0 Å². The summed E-state index contributed by atoms with van der Waals surface area (Å²) in [6.45, 7) is 0. The van der Waals surface area contributed by atoms with Gasteiger partial charge in [0, 0.05) is 47.2 Å². The van der Waals surface area contributed by atoms with Gasteiger partial charge in [0.05, 0.1) is 22.2 Å². The zero-order chi connectivity index (χ0) is 47.1. The number of furan rings is 1. The summed E-state index contributed by atoms with van der Waals surface area (Å²) in [5.74, 6) is 0. The van der Waals surface area contributed by atoms with Gasteiger partial charge in [-0.05, 0) is 146 Å². The van der Waals surface area contributed by atoms with Crippen molar-refractivity contribution < 1.29 is 4.42 Å². The number of anilines is 3. The molecule has 338 valence electrons. The minimum atomic E-state index is -0.511. The van der Waals surface area contributed by atoms with Crippen molar-refractivity contribution in [2.45, 2.75) is 43.3 Å². The molecule has 0 bridgehead atoms. The second-order valence-electron chi connectivity index (χ2n) is 19.7. The Morgan fingerprint density at radius 3 is 1.58 bits per heavy atom. The fourth-order valence-corrected chi connectivity index (χ4v) is 16.0. The average molecular weight is 954 g/mol. The van der Waals surface area contributed by atoms with E-state index in [4.69, 9.17) is 4.42 Å². The maximum absolute atomic E-state index is 6.41. The first-order chi connectivity index (χ1) is 35.7. The van der Waals surface area contributed by atoms with E-state index in [0.717, 1.165) is 57.3 Å². The Balaban J connectivity index is 0.976. The number of fused-ring (bicyclic) bond motifs is 20. The highest BCUT2D eigenvalue weighted by atomic mass is 32.2. The highest BCUT2D eigenvalue weighted by molar-refractivity contribution is 7.99. The zero-order valence-corrected chi connectivity index (χ0v) is 40.7. The molecule has 0 atom stereocenters. The van der Waals surface area contributed by atoms with Crippen molar-refractivity contribution in [3.63, 3.8) is 0 Å². The predicted octanol–water partition coefficient (Wildman–Crippen LogP) is 18.5. The lowest BCUT2D eigenvalue weighted by molar-refractivity contribution is 0.664. The second kappa shape index (κ2) is 15.2. The molecule has 0 radical (unpaired) electrons. The molecular formula is C68H43NOS2. The number of hydrogen-bond donors (Lipinski definition) is 0. The lowest BCUT2D eigenvalue weighted by atomic mass is 9.65. The van der Waals surface area contributed by atoms with Gasteiger partial charge < -0.3 is 9.32 Å². The lowest BCUT2D eigenvalue weighted by Gasteiger charge is -2.41. The van der Waals surface area contributed by atoms with E-state index in [2.05, 4.69) is 235 Å². The average Bonchev–Trinajstić information content (AvgIpc) is 4.08. The quantitative estimate of drug-likeness (QED) is 0.175. The number of nitrogens with zero attached hydrogens (tertiary/aromatic N) is 1. The molecule has 0 saturated carbocycles. The SMILES string of the molecule is C1=CC2=C(CC1)C1(c3ccccc3Sc3ccccc31)c1cccc(N(c3ccc(-c4ccc5c(c4)oc4ccccc45)cc3)c3cccc4c3-c3ccccc3C43c4ccccc4Sc4ccccc43)c12. The van der Waals surface area contributed by atoms with E-state index in [1.54, 1.807) is 0 Å². The molecule has 2 spiro atoms. The molecule has 72 heavy (non-hydrogen) atoms. The van der Waals surface area contributed by atoms with E-state index < -0.39 is 10.8 Å². The molecule has 3 aliphatic carbocycles. The van der Waals surface area contributed by atoms with Crippen LogP contribution in [0.2, 0.25) is 0 Å². The maximum Gasteiger partial charge on any atom is 0.136 e. The van der Waals surface area contributed by atoms with Crippen LogP contribution in [-0.2, 0) is 10.8 Å². The van der Waals surface area contributed by atoms with E-state index in [0.29, 0.717) is 0 Å². The zero-order valence-electron chi connectivity index (χ0n) is 39.1. The summed E-state index contributed by atoms with van der Waals surface area (Å²) >= 11 is 3.81. The van der Waals surface area contributed by atoms with Gasteiger partial charge in [-0.2, -0.15) is 0 Å². The first-order valence-electron chi connectivity index (χ1n) is 25.0. The fraction of sp³-hybridized carbons (Fsp3) is 0.0588. The van der Waals surface area contributed by atoms with Gasteiger partial charge >= 0.3 is 0 Å². The summed E-state index contributed by atoms with van der Waals surface area (Å²) in [6, 6.07) is 84.4. The van der Waals surface area contributed by atoms with Crippen LogP contribution in [-0.4, -0.2) is 0 Å². The van der Waals surface area contributed by atoms with Crippen molar-refractivity contribution in [3.8, 4) is 22.3 Å². The van der Waals surface area contributed by atoms with E-state index in [-0.39, 0.29) is 0 Å². The molecule has 0 saturated heterocycles. The van der Waals surface area contributed by atoms with E-state index in [1.165, 1.54) is 92.1 Å². The van der Waals surface area contributed by atoms with E-state index >= 15 is 0 Å². The first kappa shape index (κ1) is 40.7. The molecule has 2 nitrogen and oxygen atoms in total. The number of allylic oxidation sites excluding steroid dienone is 4. The van der Waals surface area contributed by atoms with Crippen LogP contribution in [0.1, 0.15) is 57.3 Å². The third-order valence-corrected chi connectivity index (χ3v) is 18.6. The van der Waals surface area contributed by atoms with Crippen molar-refractivity contribution in [2.75, 3.05) is 4.90 Å². The van der Waals surface area contributed by atoms with Crippen LogP contribution in [0.25, 0.3) is 49.8 Å². The smallest absolute Gasteiger partial charge is 0.136 e. The summed E-state index contributed by atoms with van der Waals surface area (Å²) in [6.07, 6.45) is 6.86. The fourth-order valence-electron chi connectivity index (χ4n) is 13.6. The van der Waals surface area contributed by atoms with Crippen molar-refractivity contribution in [3.05, 3.63) is 287 Å². The van der Waals surface area contributed by atoms with E-state index in [9.17, 15) is 0 Å². The summed E-state index contributed by atoms with van der Waals surface area (Å²) < 4.78 is 6.41. The summed E-state index contributed by atoms with van der Waals surface area (Å²) in [7, 11) is 0. The van der Waals surface area contributed by atoms with E-state index in [1.807, 2.05) is 29.6 Å². The van der Waals surface area contributed by atoms with Gasteiger partial charge in [-0.1, -0.05) is 193 Å². The van der Waals surface area contributed by atoms with Crippen LogP contribution >= 0.6 is 23.5 Å². The van der Waals surface area contributed by atoms with Gasteiger partial charge in [0.1, 0.15) is 11.2 Å². The first-order valence-corrected chi connectivity index (χ1v) is 26.7. The minimum Gasteiger partial charge on any atom is -0.456 e. The Morgan fingerprint density at radius 1 is 0.403 bits per heavy atom. The second-order valence-corrected chi connectivity index (χ2v) is 21.8. The van der Waals surface area contributed by atoms with Gasteiger partial charge in [-0.3, -0.25) is 0 Å². The predicted molar refractivity (Wildman–Crippen MR) is 297 cm³/mol. The highest BCUT2D eigenvalue weighted by Crippen LogP contribution is 2.67. The normalized spacial score (nSPS) is 15.7. The van der Waals surface area contributed by atoms with Gasteiger partial charge in [0.25, 0.3) is 0 Å². The standard InChI is InChI=1S/C68H43NOS2/c1-4-20-49-47(18-1)65-55(67(49)51-22-6-11-31-61(51)71-62-32-12-7-23-52(62)67)26-15-28-57(65)69(44-38-35-42(36-39-44)43-37-40-46-45-17-3-10-30-59(45)70-60(46)41-43)58-29-16-27-56-66(58)48-19-2-5-21-50(48)68(56)53-24-8-13-33-63(53)72-64-34-14-9-25-54(64)68/h1-4,6-20,22-41H,5,21H2. The Hall–Kier alpha value is -8.02. The number of hydrogen-bond acceptors (Lipinski definition) is 4. The molecule has 4 heteroatoms. The van der Waals surface area contributed by atoms with Crippen molar-refractivity contribution >= 4 is 68.1 Å². The largest absolute Gasteiger partial charge is 0.456 e. The monoisotopic (exact) mass is 953 g/mol. The molecule has 0 amide bonds. The van der Waals surface area contributed by atoms with Crippen LogP contribution in [0, 0.1) is 0 Å².